The van der Waals surface area contributed by atoms with Gasteiger partial charge in [-0.25, -0.2) is 4.68 Å². The lowest BCUT2D eigenvalue weighted by molar-refractivity contribution is -0.125. The highest BCUT2D eigenvalue weighted by Gasteiger charge is 2.29. The van der Waals surface area contributed by atoms with Crippen LogP contribution >= 0.6 is 0 Å². The minimum Gasteiger partial charge on any atom is -0.497 e. The van der Waals surface area contributed by atoms with E-state index in [-0.39, 0.29) is 11.8 Å². The topological polar surface area (TPSA) is 98.1 Å². The van der Waals surface area contributed by atoms with E-state index >= 15 is 0 Å². The molecular weight excluding hydrogens is 442 g/mol. The molecule has 0 aliphatic carbocycles. The van der Waals surface area contributed by atoms with E-state index in [1.54, 1.807) is 13.3 Å². The molecule has 9 heteroatoms. The van der Waals surface area contributed by atoms with Gasteiger partial charge < -0.3 is 15.0 Å². The van der Waals surface area contributed by atoms with Crippen molar-refractivity contribution in [3.63, 3.8) is 0 Å². The third kappa shape index (κ3) is 4.53. The number of nitrogens with zero attached hydrogens (tertiary/aromatic N) is 6. The van der Waals surface area contributed by atoms with Gasteiger partial charge in [0.2, 0.25) is 5.91 Å². The number of fused-ring (bicyclic) bond motifs is 1. The lowest BCUT2D eigenvalue weighted by Gasteiger charge is -2.32. The fourth-order valence-electron chi connectivity index (χ4n) is 4.71. The third-order valence-corrected chi connectivity index (χ3v) is 6.56. The summed E-state index contributed by atoms with van der Waals surface area (Å²) in [5, 5.41) is 18.0. The Bertz CT molecular complexity index is 1340. The number of piperidine rings is 1. The summed E-state index contributed by atoms with van der Waals surface area (Å²) in [4.78, 5) is 19.4. The van der Waals surface area contributed by atoms with Crippen LogP contribution in [0.5, 0.6) is 5.75 Å². The number of hydrogen-bond acceptors (Lipinski definition) is 7. The van der Waals surface area contributed by atoms with Crippen molar-refractivity contribution in [3.8, 4) is 11.4 Å². The van der Waals surface area contributed by atoms with Gasteiger partial charge in [0.15, 0.2) is 5.82 Å². The summed E-state index contributed by atoms with van der Waals surface area (Å²) < 4.78 is 7.21. The SMILES string of the molecule is COc1ccc(-n2nc3c(N4CCCC(C(=O)NCc5ccccn5)C4)nnc(C)c3c2C)cc1. The first-order valence-electron chi connectivity index (χ1n) is 11.8. The first-order chi connectivity index (χ1) is 17.0. The zero-order valence-corrected chi connectivity index (χ0v) is 20.2. The van der Waals surface area contributed by atoms with Gasteiger partial charge in [0.1, 0.15) is 11.3 Å². The van der Waals surface area contributed by atoms with E-state index in [4.69, 9.17) is 9.84 Å². The molecule has 1 unspecified atom stereocenters. The van der Waals surface area contributed by atoms with Gasteiger partial charge >= 0.3 is 0 Å². The second-order valence-electron chi connectivity index (χ2n) is 8.85. The zero-order chi connectivity index (χ0) is 24.4. The summed E-state index contributed by atoms with van der Waals surface area (Å²) in [6, 6.07) is 13.5. The molecule has 35 heavy (non-hydrogen) atoms. The predicted octanol–water partition coefficient (Wildman–Crippen LogP) is 3.37. The minimum atomic E-state index is -0.129. The van der Waals surface area contributed by atoms with Crippen LogP contribution in [0.4, 0.5) is 5.82 Å². The smallest absolute Gasteiger partial charge is 0.225 e. The quantitative estimate of drug-likeness (QED) is 0.460. The fraction of sp³-hybridized carbons (Fsp3) is 0.346. The van der Waals surface area contributed by atoms with E-state index in [0.29, 0.717) is 13.1 Å². The molecule has 1 N–H and O–H groups in total. The second kappa shape index (κ2) is 9.69. The van der Waals surface area contributed by atoms with Crippen LogP contribution < -0.4 is 15.0 Å². The number of aryl methyl sites for hydroxylation is 2. The number of benzene rings is 1. The van der Waals surface area contributed by atoms with Gasteiger partial charge in [0.05, 0.1) is 47.7 Å². The van der Waals surface area contributed by atoms with E-state index in [2.05, 4.69) is 25.4 Å². The highest BCUT2D eigenvalue weighted by atomic mass is 16.5. The molecule has 1 aliphatic rings. The van der Waals surface area contributed by atoms with Crippen molar-refractivity contribution in [3.05, 3.63) is 65.7 Å². The van der Waals surface area contributed by atoms with Gasteiger partial charge in [-0.1, -0.05) is 6.07 Å². The second-order valence-corrected chi connectivity index (χ2v) is 8.85. The van der Waals surface area contributed by atoms with Crippen LogP contribution in [0.3, 0.4) is 0 Å². The Morgan fingerprint density at radius 1 is 1.14 bits per heavy atom. The normalized spacial score (nSPS) is 15.9. The number of rotatable bonds is 6. The molecule has 180 valence electrons. The molecule has 1 aliphatic heterocycles. The predicted molar refractivity (Wildman–Crippen MR) is 134 cm³/mol. The lowest BCUT2D eigenvalue weighted by atomic mass is 9.97. The van der Waals surface area contributed by atoms with Gasteiger partial charge in [-0.2, -0.15) is 10.2 Å². The van der Waals surface area contributed by atoms with Gasteiger partial charge in [0, 0.05) is 19.3 Å². The van der Waals surface area contributed by atoms with E-state index in [1.807, 2.05) is 61.0 Å². The first-order valence-corrected chi connectivity index (χ1v) is 11.8. The van der Waals surface area contributed by atoms with Crippen LogP contribution in [0, 0.1) is 19.8 Å². The molecule has 4 aromatic rings. The maximum absolute atomic E-state index is 12.9. The van der Waals surface area contributed by atoms with Gasteiger partial charge in [-0.15, -0.1) is 5.10 Å². The standard InChI is InChI=1S/C26H29N7O2/c1-17-23-18(2)33(21-9-11-22(35-3)12-10-21)31-24(23)25(30-29-17)32-14-6-7-19(16-32)26(34)28-15-20-8-4-5-13-27-20/h4-5,8-13,19H,6-7,14-16H2,1-3H3,(H,28,34). The molecule has 0 radical (unpaired) electrons. The summed E-state index contributed by atoms with van der Waals surface area (Å²) in [6.45, 7) is 5.81. The summed E-state index contributed by atoms with van der Waals surface area (Å²) in [5.41, 5.74) is 4.43. The van der Waals surface area contributed by atoms with Crippen molar-refractivity contribution in [2.75, 3.05) is 25.1 Å². The summed E-state index contributed by atoms with van der Waals surface area (Å²) in [6.07, 6.45) is 3.47. The van der Waals surface area contributed by atoms with Crippen LogP contribution in [-0.4, -0.2) is 51.1 Å². The molecule has 0 saturated carbocycles. The monoisotopic (exact) mass is 471 g/mol. The van der Waals surface area contributed by atoms with Crippen molar-refractivity contribution < 1.29 is 9.53 Å². The molecule has 1 amide bonds. The molecule has 1 atom stereocenters. The van der Waals surface area contributed by atoms with Gasteiger partial charge in [-0.3, -0.25) is 9.78 Å². The molecule has 4 heterocycles. The number of nitrogens with one attached hydrogen (secondary N) is 1. The average molecular weight is 472 g/mol. The highest BCUT2D eigenvalue weighted by Crippen LogP contribution is 2.32. The van der Waals surface area contributed by atoms with Gasteiger partial charge in [0.25, 0.3) is 0 Å². The largest absolute Gasteiger partial charge is 0.497 e. The van der Waals surface area contributed by atoms with Crippen LogP contribution in [0.25, 0.3) is 16.6 Å². The summed E-state index contributed by atoms with van der Waals surface area (Å²) in [7, 11) is 1.65. The Morgan fingerprint density at radius 2 is 1.97 bits per heavy atom. The molecule has 1 saturated heterocycles. The van der Waals surface area contributed by atoms with E-state index in [1.165, 1.54) is 0 Å². The van der Waals surface area contributed by atoms with Crippen molar-refractivity contribution in [1.82, 2.24) is 30.3 Å². The number of carbonyl (C=O) groups is 1. The molecule has 9 nitrogen and oxygen atoms in total. The first kappa shape index (κ1) is 22.8. The van der Waals surface area contributed by atoms with E-state index in [0.717, 1.165) is 64.6 Å². The van der Waals surface area contributed by atoms with Crippen LogP contribution in [-0.2, 0) is 11.3 Å². The summed E-state index contributed by atoms with van der Waals surface area (Å²) in [5.74, 6) is 1.43. The number of amides is 1. The number of hydrogen-bond donors (Lipinski definition) is 1. The van der Waals surface area contributed by atoms with Crippen LogP contribution in [0.2, 0.25) is 0 Å². The Morgan fingerprint density at radius 3 is 2.71 bits per heavy atom. The number of aromatic nitrogens is 5. The Hall–Kier alpha value is -4.01. The average Bonchev–Trinajstić information content (AvgIpc) is 3.26. The Balaban J connectivity index is 1.40. The molecule has 3 aromatic heterocycles. The number of pyridine rings is 1. The van der Waals surface area contributed by atoms with E-state index in [9.17, 15) is 4.79 Å². The maximum atomic E-state index is 12.9. The highest BCUT2D eigenvalue weighted by molar-refractivity contribution is 5.92. The molecule has 0 spiro atoms. The number of carbonyl (C=O) groups excluding carboxylic acids is 1. The van der Waals surface area contributed by atoms with Crippen molar-refractivity contribution in [1.29, 1.82) is 0 Å². The number of ether oxygens (including phenoxy) is 1. The van der Waals surface area contributed by atoms with Crippen molar-refractivity contribution in [2.24, 2.45) is 5.92 Å². The van der Waals surface area contributed by atoms with Gasteiger partial charge in [-0.05, 0) is 63.1 Å². The molecule has 1 aromatic carbocycles. The molecule has 1 fully saturated rings. The lowest BCUT2D eigenvalue weighted by Crippen LogP contribution is -2.43. The summed E-state index contributed by atoms with van der Waals surface area (Å²) >= 11 is 0. The number of methoxy groups -OCH3 is 1. The Labute approximate surface area is 204 Å². The van der Waals surface area contributed by atoms with E-state index < -0.39 is 0 Å². The number of anilines is 1. The molecule has 5 rings (SSSR count). The van der Waals surface area contributed by atoms with Crippen LogP contribution in [0.15, 0.2) is 48.7 Å². The zero-order valence-electron chi connectivity index (χ0n) is 20.2. The van der Waals surface area contributed by atoms with Crippen LogP contribution in [0.1, 0.15) is 29.9 Å². The third-order valence-electron chi connectivity index (χ3n) is 6.56. The van der Waals surface area contributed by atoms with Crippen molar-refractivity contribution in [2.45, 2.75) is 33.2 Å². The molecule has 0 bridgehead atoms. The maximum Gasteiger partial charge on any atom is 0.225 e. The van der Waals surface area contributed by atoms with Crippen molar-refractivity contribution >= 4 is 22.6 Å². The molecular formula is C26H29N7O2. The fourth-order valence-corrected chi connectivity index (χ4v) is 4.71. The Kier molecular flexibility index (Phi) is 6.31. The minimum absolute atomic E-state index is 0.0385.